The summed E-state index contributed by atoms with van der Waals surface area (Å²) in [6.45, 7) is 1.74. The molecule has 0 radical (unpaired) electrons. The monoisotopic (exact) mass is 424 g/mol. The van der Waals surface area contributed by atoms with Crippen LogP contribution >= 0.6 is 11.6 Å². The summed E-state index contributed by atoms with van der Waals surface area (Å²) in [5, 5.41) is 16.7. The number of alkyl halides is 3. The van der Waals surface area contributed by atoms with Crippen LogP contribution in [-0.4, -0.2) is 19.9 Å². The third-order valence-corrected chi connectivity index (χ3v) is 4.02. The van der Waals surface area contributed by atoms with E-state index in [1.807, 2.05) is 0 Å². The second-order valence-electron chi connectivity index (χ2n) is 5.78. The van der Waals surface area contributed by atoms with Crippen molar-refractivity contribution >= 4 is 40.4 Å². The van der Waals surface area contributed by atoms with Gasteiger partial charge in [0.1, 0.15) is 12.1 Å². The summed E-state index contributed by atoms with van der Waals surface area (Å²) in [7, 11) is 0. The van der Waals surface area contributed by atoms with Gasteiger partial charge in [-0.3, -0.25) is 10.1 Å². The summed E-state index contributed by atoms with van der Waals surface area (Å²) in [4.78, 5) is 22.7. The summed E-state index contributed by atoms with van der Waals surface area (Å²) < 4.78 is 38.9. The number of halogens is 4. The van der Waals surface area contributed by atoms with Gasteiger partial charge in [-0.1, -0.05) is 17.7 Å². The van der Waals surface area contributed by atoms with E-state index in [4.69, 9.17) is 11.6 Å². The van der Waals surface area contributed by atoms with E-state index in [1.54, 1.807) is 25.1 Å². The van der Waals surface area contributed by atoms with E-state index >= 15 is 0 Å². The maximum Gasteiger partial charge on any atom is 0.416 e. The van der Waals surface area contributed by atoms with Crippen LogP contribution in [0.25, 0.3) is 0 Å². The van der Waals surface area contributed by atoms with Crippen LogP contribution in [0.1, 0.15) is 11.3 Å². The Kier molecular flexibility index (Phi) is 5.50. The summed E-state index contributed by atoms with van der Waals surface area (Å²) in [5.74, 6) is -0.218. The predicted octanol–water partition coefficient (Wildman–Crippen LogP) is 5.25. The van der Waals surface area contributed by atoms with Crippen LogP contribution in [0, 0.1) is 17.0 Å². The van der Waals surface area contributed by atoms with Gasteiger partial charge in [0, 0.05) is 5.69 Å². The number of aromatic nitrogens is 3. The van der Waals surface area contributed by atoms with Crippen molar-refractivity contribution in [2.24, 2.45) is 0 Å². The van der Waals surface area contributed by atoms with Gasteiger partial charge in [-0.2, -0.15) is 13.2 Å². The Bertz CT molecular complexity index is 1080. The van der Waals surface area contributed by atoms with Crippen molar-refractivity contribution in [3.05, 3.63) is 69.1 Å². The fraction of sp³-hybridized carbons (Fsp3) is 0.118. The summed E-state index contributed by atoms with van der Waals surface area (Å²) in [5.41, 5.74) is -1.07. The van der Waals surface area contributed by atoms with Gasteiger partial charge in [0.15, 0.2) is 0 Å². The second kappa shape index (κ2) is 7.87. The molecule has 0 spiro atoms. The molecule has 0 bridgehead atoms. The molecule has 0 saturated heterocycles. The largest absolute Gasteiger partial charge is 0.416 e. The van der Waals surface area contributed by atoms with Gasteiger partial charge in [-0.25, -0.2) is 15.0 Å². The van der Waals surface area contributed by atoms with E-state index in [9.17, 15) is 23.3 Å². The lowest BCUT2D eigenvalue weighted by molar-refractivity contribution is -0.383. The molecule has 0 unspecified atom stereocenters. The molecule has 2 aromatic heterocycles. The van der Waals surface area contributed by atoms with Gasteiger partial charge in [-0.15, -0.1) is 0 Å². The predicted molar refractivity (Wildman–Crippen MR) is 101 cm³/mol. The Labute approximate surface area is 166 Å². The molecule has 0 saturated carbocycles. The zero-order valence-corrected chi connectivity index (χ0v) is 15.4. The number of nitrogens with one attached hydrogen (secondary N) is 2. The molecule has 3 aromatic rings. The average Bonchev–Trinajstić information content (AvgIpc) is 2.62. The molecule has 3 rings (SSSR count). The molecular formula is C17H12ClF3N6O2. The van der Waals surface area contributed by atoms with Crippen LogP contribution in [0.2, 0.25) is 5.02 Å². The molecule has 1 aromatic carbocycles. The zero-order chi connectivity index (χ0) is 21.2. The van der Waals surface area contributed by atoms with Crippen molar-refractivity contribution in [2.45, 2.75) is 13.1 Å². The van der Waals surface area contributed by atoms with Crippen molar-refractivity contribution in [2.75, 3.05) is 10.6 Å². The molecule has 8 nitrogen and oxygen atoms in total. The molecule has 0 atom stereocenters. The van der Waals surface area contributed by atoms with Crippen LogP contribution in [0.15, 0.2) is 42.7 Å². The van der Waals surface area contributed by atoms with Crippen LogP contribution in [0.3, 0.4) is 0 Å². The highest BCUT2D eigenvalue weighted by atomic mass is 35.5. The van der Waals surface area contributed by atoms with E-state index in [0.29, 0.717) is 11.5 Å². The number of hydrogen-bond acceptors (Lipinski definition) is 7. The smallest absolute Gasteiger partial charge is 0.333 e. The van der Waals surface area contributed by atoms with Gasteiger partial charge < -0.3 is 10.6 Å². The normalized spacial score (nSPS) is 11.2. The quantitative estimate of drug-likeness (QED) is 0.425. The number of rotatable bonds is 5. The first-order chi connectivity index (χ1) is 13.6. The Hall–Kier alpha value is -3.47. The lowest BCUT2D eigenvalue weighted by Crippen LogP contribution is -2.08. The number of anilines is 4. The standard InChI is InChI=1S/C17H12ClF3N6O2/c1-9-3-2-4-13(24-9)26-16-14(27(28)29)15(22-8-23-16)25-12-7-10(17(19,20)21)5-6-11(12)18/h2-8H,1H3,(H2,22,23,24,25,26). The van der Waals surface area contributed by atoms with Crippen molar-refractivity contribution in [1.29, 1.82) is 0 Å². The SMILES string of the molecule is Cc1cccc(Nc2ncnc(Nc3cc(C(F)(F)F)ccc3Cl)c2[N+](=O)[O-])n1. The fourth-order valence-electron chi connectivity index (χ4n) is 2.39. The summed E-state index contributed by atoms with van der Waals surface area (Å²) >= 11 is 5.95. The zero-order valence-electron chi connectivity index (χ0n) is 14.7. The highest BCUT2D eigenvalue weighted by Gasteiger charge is 2.31. The highest BCUT2D eigenvalue weighted by molar-refractivity contribution is 6.33. The molecule has 0 aliphatic rings. The number of nitrogens with zero attached hydrogens (tertiary/aromatic N) is 4. The Morgan fingerprint density at radius 2 is 1.79 bits per heavy atom. The molecule has 0 aliphatic carbocycles. The van der Waals surface area contributed by atoms with E-state index in [-0.39, 0.29) is 22.3 Å². The van der Waals surface area contributed by atoms with Crippen LogP contribution in [0.5, 0.6) is 0 Å². The van der Waals surface area contributed by atoms with Crippen molar-refractivity contribution in [1.82, 2.24) is 15.0 Å². The third-order valence-electron chi connectivity index (χ3n) is 3.69. The van der Waals surface area contributed by atoms with E-state index < -0.39 is 22.4 Å². The van der Waals surface area contributed by atoms with Gasteiger partial charge in [0.2, 0.25) is 11.6 Å². The number of aryl methyl sites for hydroxylation is 1. The van der Waals surface area contributed by atoms with Crippen molar-refractivity contribution < 1.29 is 18.1 Å². The Balaban J connectivity index is 2.01. The maximum absolute atomic E-state index is 13.0. The lowest BCUT2D eigenvalue weighted by Gasteiger charge is -2.13. The summed E-state index contributed by atoms with van der Waals surface area (Å²) in [6, 6.07) is 7.59. The Morgan fingerprint density at radius 1 is 1.10 bits per heavy atom. The number of benzene rings is 1. The van der Waals surface area contributed by atoms with Gasteiger partial charge in [0.05, 0.1) is 21.2 Å². The van der Waals surface area contributed by atoms with E-state index in [1.165, 1.54) is 0 Å². The molecule has 2 heterocycles. The first-order valence-corrected chi connectivity index (χ1v) is 8.37. The molecule has 0 amide bonds. The van der Waals surface area contributed by atoms with E-state index in [2.05, 4.69) is 25.6 Å². The summed E-state index contributed by atoms with van der Waals surface area (Å²) in [6.07, 6.45) is -3.59. The average molecular weight is 425 g/mol. The number of hydrogen-bond donors (Lipinski definition) is 2. The molecule has 0 aliphatic heterocycles. The minimum atomic E-state index is -4.61. The van der Waals surface area contributed by atoms with Gasteiger partial charge in [-0.05, 0) is 37.3 Å². The first-order valence-electron chi connectivity index (χ1n) is 7.99. The fourth-order valence-corrected chi connectivity index (χ4v) is 2.56. The first kappa shape index (κ1) is 20.3. The van der Waals surface area contributed by atoms with Gasteiger partial charge in [0.25, 0.3) is 0 Å². The van der Waals surface area contributed by atoms with Gasteiger partial charge >= 0.3 is 11.9 Å². The lowest BCUT2D eigenvalue weighted by atomic mass is 10.2. The topological polar surface area (TPSA) is 106 Å². The highest BCUT2D eigenvalue weighted by Crippen LogP contribution is 2.37. The van der Waals surface area contributed by atoms with E-state index in [0.717, 1.165) is 24.5 Å². The number of nitro groups is 1. The minimum absolute atomic E-state index is 0.0687. The van der Waals surface area contributed by atoms with Crippen molar-refractivity contribution in [3.63, 3.8) is 0 Å². The molecule has 0 fully saturated rings. The molecule has 150 valence electrons. The molecule has 29 heavy (non-hydrogen) atoms. The molecular weight excluding hydrogens is 413 g/mol. The van der Waals surface area contributed by atoms with Crippen LogP contribution in [0.4, 0.5) is 42.0 Å². The Morgan fingerprint density at radius 3 is 2.41 bits per heavy atom. The number of pyridine rings is 1. The maximum atomic E-state index is 13.0. The van der Waals surface area contributed by atoms with Crippen LogP contribution in [-0.2, 0) is 6.18 Å². The molecule has 12 heteroatoms. The van der Waals surface area contributed by atoms with Crippen molar-refractivity contribution in [3.8, 4) is 0 Å². The minimum Gasteiger partial charge on any atom is -0.333 e. The second-order valence-corrected chi connectivity index (χ2v) is 6.19. The molecule has 2 N–H and O–H groups in total. The van der Waals surface area contributed by atoms with Crippen LogP contribution < -0.4 is 10.6 Å². The third kappa shape index (κ3) is 4.69.